The number of aryl methyl sites for hydroxylation is 3. The van der Waals surface area contributed by atoms with Crippen molar-refractivity contribution in [3.8, 4) is 0 Å². The maximum atomic E-state index is 13.2. The van der Waals surface area contributed by atoms with Crippen LogP contribution < -0.4 is 5.32 Å². The molecular formula is C25H24N2O2. The van der Waals surface area contributed by atoms with Crippen LogP contribution in [0.25, 0.3) is 4.85 Å². The van der Waals surface area contributed by atoms with Gasteiger partial charge in [-0.3, -0.25) is 4.79 Å². The molecule has 0 aromatic heterocycles. The fraction of sp³-hybridized carbons (Fsp3) is 0.200. The van der Waals surface area contributed by atoms with E-state index in [2.05, 4.69) is 10.2 Å². The van der Waals surface area contributed by atoms with Gasteiger partial charge in [-0.2, -0.15) is 0 Å². The van der Waals surface area contributed by atoms with Crippen molar-refractivity contribution in [2.75, 3.05) is 5.32 Å². The van der Waals surface area contributed by atoms with Crippen LogP contribution in [0.1, 0.15) is 28.7 Å². The van der Waals surface area contributed by atoms with Gasteiger partial charge in [-0.15, -0.1) is 0 Å². The van der Waals surface area contributed by atoms with Gasteiger partial charge in [0.05, 0.1) is 6.57 Å². The molecule has 4 nitrogen and oxygen atoms in total. The minimum Gasteiger partial charge on any atom is -0.375 e. The topological polar surface area (TPSA) is 53.7 Å². The van der Waals surface area contributed by atoms with Gasteiger partial charge < -0.3 is 10.4 Å². The number of benzene rings is 3. The van der Waals surface area contributed by atoms with Crippen molar-refractivity contribution in [1.29, 1.82) is 0 Å². The van der Waals surface area contributed by atoms with E-state index in [4.69, 9.17) is 6.57 Å². The van der Waals surface area contributed by atoms with Crippen molar-refractivity contribution in [3.05, 3.63) is 106 Å². The predicted molar refractivity (Wildman–Crippen MR) is 116 cm³/mol. The number of nitrogens with one attached hydrogen (secondary N) is 1. The Morgan fingerprint density at radius 3 is 2.34 bits per heavy atom. The largest absolute Gasteiger partial charge is 0.375 e. The van der Waals surface area contributed by atoms with Crippen molar-refractivity contribution < 1.29 is 9.90 Å². The maximum Gasteiger partial charge on any atom is 0.260 e. The quantitative estimate of drug-likeness (QED) is 0.566. The second kappa shape index (κ2) is 8.72. The Kier molecular flexibility index (Phi) is 6.11. The molecule has 0 fully saturated rings. The molecule has 2 N–H and O–H groups in total. The van der Waals surface area contributed by atoms with Crippen LogP contribution in [0.2, 0.25) is 0 Å². The van der Waals surface area contributed by atoms with Crippen molar-refractivity contribution in [2.45, 2.75) is 32.3 Å². The lowest BCUT2D eigenvalue weighted by Gasteiger charge is -2.28. The summed E-state index contributed by atoms with van der Waals surface area (Å²) in [5.74, 6) is -0.481. The molecule has 3 rings (SSSR count). The lowest BCUT2D eigenvalue weighted by atomic mass is 9.86. The Bertz CT molecular complexity index is 1040. The molecule has 0 aliphatic rings. The molecule has 0 unspecified atom stereocenters. The first-order valence-electron chi connectivity index (χ1n) is 9.55. The number of hydrogen-bond acceptors (Lipinski definition) is 2. The fourth-order valence-corrected chi connectivity index (χ4v) is 3.28. The summed E-state index contributed by atoms with van der Waals surface area (Å²) in [7, 11) is 0. The summed E-state index contributed by atoms with van der Waals surface area (Å²) in [6.07, 6.45) is 0.819. The lowest BCUT2D eigenvalue weighted by molar-refractivity contribution is -0.135. The average Bonchev–Trinajstić information content (AvgIpc) is 2.74. The molecular weight excluding hydrogens is 360 g/mol. The average molecular weight is 384 g/mol. The van der Waals surface area contributed by atoms with Gasteiger partial charge in [-0.1, -0.05) is 66.2 Å². The summed E-state index contributed by atoms with van der Waals surface area (Å²) in [6, 6.07) is 22.2. The Hall–Kier alpha value is -3.42. The van der Waals surface area contributed by atoms with Crippen molar-refractivity contribution in [1.82, 2.24) is 0 Å². The summed E-state index contributed by atoms with van der Waals surface area (Å²) in [5.41, 5.74) is 3.00. The van der Waals surface area contributed by atoms with Crippen molar-refractivity contribution in [2.24, 2.45) is 0 Å². The molecule has 3 aromatic rings. The number of carbonyl (C=O) groups excluding carboxylic acids is 1. The van der Waals surface area contributed by atoms with Crippen LogP contribution in [-0.4, -0.2) is 11.0 Å². The van der Waals surface area contributed by atoms with Gasteiger partial charge in [0.1, 0.15) is 0 Å². The van der Waals surface area contributed by atoms with Crippen LogP contribution in [0.3, 0.4) is 0 Å². The predicted octanol–water partition coefficient (Wildman–Crippen LogP) is 5.31. The molecule has 0 radical (unpaired) electrons. The van der Waals surface area contributed by atoms with Crippen molar-refractivity contribution in [3.63, 3.8) is 0 Å². The molecule has 0 heterocycles. The summed E-state index contributed by atoms with van der Waals surface area (Å²) < 4.78 is 0. The zero-order valence-electron chi connectivity index (χ0n) is 16.6. The molecule has 1 atom stereocenters. The zero-order chi connectivity index (χ0) is 20.9. The van der Waals surface area contributed by atoms with E-state index in [0.29, 0.717) is 23.4 Å². The summed E-state index contributed by atoms with van der Waals surface area (Å²) in [5, 5.41) is 14.3. The number of amides is 1. The highest BCUT2D eigenvalue weighted by molar-refractivity contribution is 5.98. The van der Waals surface area contributed by atoms with Gasteiger partial charge in [-0.05, 0) is 55.5 Å². The standard InChI is InChI=1S/C25H24N2O2/c1-18-9-11-20(12-10-18)15-16-25(29,21-7-5-4-6-8-21)24(28)27-22-13-14-23(26-3)19(2)17-22/h4-14,17,29H,15-16H2,1-2H3,(H,27,28)/t25-/m1/s1. The normalized spacial score (nSPS) is 12.6. The molecule has 4 heteroatoms. The van der Waals surface area contributed by atoms with E-state index < -0.39 is 11.5 Å². The Balaban J connectivity index is 1.86. The number of hydrogen-bond donors (Lipinski definition) is 2. The maximum absolute atomic E-state index is 13.2. The van der Waals surface area contributed by atoms with Gasteiger partial charge in [0.15, 0.2) is 11.3 Å². The van der Waals surface area contributed by atoms with Crippen molar-refractivity contribution >= 4 is 17.3 Å². The van der Waals surface area contributed by atoms with Gasteiger partial charge in [0.2, 0.25) is 0 Å². The van der Waals surface area contributed by atoms with E-state index in [1.165, 1.54) is 5.56 Å². The molecule has 0 aliphatic carbocycles. The molecule has 0 aliphatic heterocycles. The molecule has 0 saturated carbocycles. The van der Waals surface area contributed by atoms with E-state index in [1.54, 1.807) is 30.3 Å². The monoisotopic (exact) mass is 384 g/mol. The molecule has 0 bridgehead atoms. The van der Waals surface area contributed by atoms with Gasteiger partial charge in [0.25, 0.3) is 5.91 Å². The molecule has 1 amide bonds. The van der Waals surface area contributed by atoms with E-state index in [-0.39, 0.29) is 6.42 Å². The van der Waals surface area contributed by atoms with E-state index in [9.17, 15) is 9.90 Å². The van der Waals surface area contributed by atoms with Gasteiger partial charge in [-0.25, -0.2) is 4.85 Å². The lowest BCUT2D eigenvalue weighted by Crippen LogP contribution is -2.40. The third-order valence-corrected chi connectivity index (χ3v) is 5.10. The number of rotatable bonds is 6. The third-order valence-electron chi connectivity index (χ3n) is 5.10. The highest BCUT2D eigenvalue weighted by atomic mass is 16.3. The highest BCUT2D eigenvalue weighted by Crippen LogP contribution is 2.30. The first-order chi connectivity index (χ1) is 13.9. The summed E-state index contributed by atoms with van der Waals surface area (Å²) in [4.78, 5) is 16.6. The van der Waals surface area contributed by atoms with Crippen LogP contribution >= 0.6 is 0 Å². The van der Waals surface area contributed by atoms with E-state index in [1.807, 2.05) is 56.3 Å². The van der Waals surface area contributed by atoms with Crippen LogP contribution in [0.5, 0.6) is 0 Å². The third kappa shape index (κ3) is 4.71. The number of carbonyl (C=O) groups is 1. The first kappa shape index (κ1) is 20.3. The summed E-state index contributed by atoms with van der Waals surface area (Å²) in [6.45, 7) is 11.0. The highest BCUT2D eigenvalue weighted by Gasteiger charge is 2.37. The molecule has 146 valence electrons. The van der Waals surface area contributed by atoms with Crippen LogP contribution in [0, 0.1) is 20.4 Å². The van der Waals surface area contributed by atoms with Gasteiger partial charge >= 0.3 is 0 Å². The molecule has 0 saturated heterocycles. The fourth-order valence-electron chi connectivity index (χ4n) is 3.28. The number of aliphatic hydroxyl groups is 1. The minimum atomic E-state index is -1.67. The zero-order valence-corrected chi connectivity index (χ0v) is 16.6. The second-order valence-corrected chi connectivity index (χ2v) is 7.28. The number of anilines is 1. The molecule has 29 heavy (non-hydrogen) atoms. The van der Waals surface area contributed by atoms with Crippen LogP contribution in [0.15, 0.2) is 72.8 Å². The molecule has 3 aromatic carbocycles. The van der Waals surface area contributed by atoms with E-state index in [0.717, 1.165) is 11.1 Å². The van der Waals surface area contributed by atoms with Crippen LogP contribution in [0.4, 0.5) is 11.4 Å². The summed E-state index contributed by atoms with van der Waals surface area (Å²) >= 11 is 0. The first-order valence-corrected chi connectivity index (χ1v) is 9.55. The Labute approximate surface area is 171 Å². The van der Waals surface area contributed by atoms with Crippen LogP contribution in [-0.2, 0) is 16.8 Å². The van der Waals surface area contributed by atoms with Gasteiger partial charge in [0, 0.05) is 5.69 Å². The SMILES string of the molecule is [C-]#[N+]c1ccc(NC(=O)[C@@](O)(CCc2ccc(C)cc2)c2ccccc2)cc1C. The van der Waals surface area contributed by atoms with E-state index >= 15 is 0 Å². The minimum absolute atomic E-state index is 0.255. The Morgan fingerprint density at radius 1 is 1.03 bits per heavy atom. The Morgan fingerprint density at radius 2 is 1.72 bits per heavy atom. The number of nitrogens with zero attached hydrogens (tertiary/aromatic N) is 1. The second-order valence-electron chi connectivity index (χ2n) is 7.28. The molecule has 0 spiro atoms. The smallest absolute Gasteiger partial charge is 0.260 e.